The quantitative estimate of drug-likeness (QED) is 0.815. The molecular formula is C14H21ClN2O2S. The number of benzene rings is 1. The Morgan fingerprint density at radius 2 is 1.95 bits per heavy atom. The van der Waals surface area contributed by atoms with Crippen LogP contribution in [-0.4, -0.2) is 28.1 Å². The molecule has 0 fully saturated rings. The van der Waals surface area contributed by atoms with Crippen LogP contribution in [0.3, 0.4) is 0 Å². The second-order valence-corrected chi connectivity index (χ2v) is 6.41. The Balaban J connectivity index is 0.00000200. The van der Waals surface area contributed by atoms with Gasteiger partial charge in [0.25, 0.3) is 0 Å². The second kappa shape index (κ2) is 7.78. The van der Waals surface area contributed by atoms with Crippen LogP contribution < -0.4 is 10.0 Å². The number of hydrogen-bond donors (Lipinski definition) is 2. The number of hydrogen-bond acceptors (Lipinski definition) is 3. The lowest BCUT2D eigenvalue weighted by molar-refractivity contribution is 0.582. The van der Waals surface area contributed by atoms with Crippen molar-refractivity contribution in [2.24, 2.45) is 0 Å². The van der Waals surface area contributed by atoms with Crippen LogP contribution in [0.5, 0.6) is 0 Å². The van der Waals surface area contributed by atoms with Crippen LogP contribution in [0.2, 0.25) is 0 Å². The van der Waals surface area contributed by atoms with Crippen molar-refractivity contribution >= 4 is 22.4 Å². The first-order chi connectivity index (χ1) is 9.12. The maximum atomic E-state index is 12.1. The number of halogens is 1. The van der Waals surface area contributed by atoms with E-state index in [4.69, 9.17) is 0 Å². The summed E-state index contributed by atoms with van der Waals surface area (Å²) in [5, 5.41) is 3.20. The van der Waals surface area contributed by atoms with E-state index in [1.165, 1.54) is 0 Å². The summed E-state index contributed by atoms with van der Waals surface area (Å²) < 4.78 is 26.9. The van der Waals surface area contributed by atoms with E-state index >= 15 is 0 Å². The summed E-state index contributed by atoms with van der Waals surface area (Å²) in [5.74, 6) is 0. The van der Waals surface area contributed by atoms with Gasteiger partial charge in [-0.15, -0.1) is 12.4 Å². The molecule has 0 aromatic heterocycles. The van der Waals surface area contributed by atoms with Gasteiger partial charge in [0.05, 0.1) is 4.90 Å². The van der Waals surface area contributed by atoms with Crippen molar-refractivity contribution < 1.29 is 8.42 Å². The summed E-state index contributed by atoms with van der Waals surface area (Å²) in [6, 6.07) is 7.05. The van der Waals surface area contributed by atoms with Crippen molar-refractivity contribution in [1.82, 2.24) is 10.0 Å². The maximum Gasteiger partial charge on any atom is 0.240 e. The van der Waals surface area contributed by atoms with E-state index in [1.54, 1.807) is 12.1 Å². The van der Waals surface area contributed by atoms with Crippen molar-refractivity contribution in [2.75, 3.05) is 19.6 Å². The summed E-state index contributed by atoms with van der Waals surface area (Å²) in [6.45, 7) is 4.19. The summed E-state index contributed by atoms with van der Waals surface area (Å²) in [6.07, 6.45) is 3.86. The zero-order valence-corrected chi connectivity index (χ0v) is 13.2. The second-order valence-electron chi connectivity index (χ2n) is 4.64. The van der Waals surface area contributed by atoms with Gasteiger partial charge in [-0.2, -0.15) is 0 Å². The van der Waals surface area contributed by atoms with Gasteiger partial charge in [0, 0.05) is 13.1 Å². The largest absolute Gasteiger partial charge is 0.313 e. The monoisotopic (exact) mass is 316 g/mol. The van der Waals surface area contributed by atoms with Crippen molar-refractivity contribution in [3.05, 3.63) is 41.5 Å². The summed E-state index contributed by atoms with van der Waals surface area (Å²) in [5.41, 5.74) is 2.28. The first kappa shape index (κ1) is 17.2. The van der Waals surface area contributed by atoms with Crippen LogP contribution in [0, 0.1) is 0 Å². The van der Waals surface area contributed by atoms with Gasteiger partial charge in [-0.05, 0) is 37.1 Å². The van der Waals surface area contributed by atoms with Gasteiger partial charge in [-0.3, -0.25) is 0 Å². The average Bonchev–Trinajstić information content (AvgIpc) is 2.46. The van der Waals surface area contributed by atoms with Gasteiger partial charge in [-0.25, -0.2) is 13.1 Å². The molecule has 4 nitrogen and oxygen atoms in total. The van der Waals surface area contributed by atoms with Crippen LogP contribution in [0.25, 0.3) is 0 Å². The molecule has 1 aromatic carbocycles. The van der Waals surface area contributed by atoms with E-state index in [-0.39, 0.29) is 12.4 Å². The van der Waals surface area contributed by atoms with Crippen LogP contribution in [-0.2, 0) is 16.4 Å². The van der Waals surface area contributed by atoms with Crippen LogP contribution in [0.4, 0.5) is 0 Å². The topological polar surface area (TPSA) is 58.2 Å². The molecule has 112 valence electrons. The van der Waals surface area contributed by atoms with Gasteiger partial charge >= 0.3 is 0 Å². The molecule has 1 aromatic rings. The van der Waals surface area contributed by atoms with E-state index < -0.39 is 10.0 Å². The van der Waals surface area contributed by atoms with Gasteiger partial charge < -0.3 is 5.32 Å². The number of aryl methyl sites for hydroxylation is 1. The molecule has 0 atom stereocenters. The van der Waals surface area contributed by atoms with E-state index in [0.717, 1.165) is 37.1 Å². The molecule has 1 aliphatic heterocycles. The minimum atomic E-state index is -3.40. The van der Waals surface area contributed by atoms with Crippen molar-refractivity contribution in [1.29, 1.82) is 0 Å². The highest BCUT2D eigenvalue weighted by Gasteiger charge is 2.14. The fourth-order valence-electron chi connectivity index (χ4n) is 2.01. The van der Waals surface area contributed by atoms with Crippen LogP contribution in [0.1, 0.15) is 18.9 Å². The molecule has 0 saturated carbocycles. The Morgan fingerprint density at radius 3 is 2.50 bits per heavy atom. The third kappa shape index (κ3) is 4.59. The summed E-state index contributed by atoms with van der Waals surface area (Å²) in [4.78, 5) is 0.333. The minimum Gasteiger partial charge on any atom is -0.313 e. The van der Waals surface area contributed by atoms with Crippen molar-refractivity contribution in [3.8, 4) is 0 Å². The smallest absolute Gasteiger partial charge is 0.240 e. The Labute approximate surface area is 127 Å². The molecule has 1 heterocycles. The Bertz CT molecular complexity index is 553. The fraction of sp³-hybridized carbons (Fsp3) is 0.429. The summed E-state index contributed by atoms with van der Waals surface area (Å²) >= 11 is 0. The SMILES string of the molecule is CCc1ccc(S(=O)(=O)NCC2=CCNCC2)cc1.Cl. The number of sulfonamides is 1. The van der Waals surface area contributed by atoms with Gasteiger partial charge in [0.2, 0.25) is 10.0 Å². The third-order valence-corrected chi connectivity index (χ3v) is 4.71. The molecule has 20 heavy (non-hydrogen) atoms. The highest BCUT2D eigenvalue weighted by molar-refractivity contribution is 7.89. The molecule has 0 radical (unpaired) electrons. The van der Waals surface area contributed by atoms with Crippen LogP contribution in [0.15, 0.2) is 40.8 Å². The van der Waals surface area contributed by atoms with E-state index in [9.17, 15) is 8.42 Å². The predicted molar refractivity (Wildman–Crippen MR) is 83.8 cm³/mol. The first-order valence-corrected chi connectivity index (χ1v) is 8.07. The lowest BCUT2D eigenvalue weighted by Gasteiger charge is -2.14. The molecule has 0 unspecified atom stereocenters. The fourth-order valence-corrected chi connectivity index (χ4v) is 3.04. The number of rotatable bonds is 5. The van der Waals surface area contributed by atoms with Crippen LogP contribution >= 0.6 is 12.4 Å². The third-order valence-electron chi connectivity index (χ3n) is 3.29. The maximum absolute atomic E-state index is 12.1. The van der Waals surface area contributed by atoms with Gasteiger partial charge in [0.15, 0.2) is 0 Å². The predicted octanol–water partition coefficient (Wildman–Crippen LogP) is 1.87. The summed E-state index contributed by atoms with van der Waals surface area (Å²) in [7, 11) is -3.40. The molecule has 6 heteroatoms. The molecule has 1 aliphatic rings. The zero-order chi connectivity index (χ0) is 13.7. The average molecular weight is 317 g/mol. The highest BCUT2D eigenvalue weighted by Crippen LogP contribution is 2.12. The highest BCUT2D eigenvalue weighted by atomic mass is 35.5. The zero-order valence-electron chi connectivity index (χ0n) is 11.6. The van der Waals surface area contributed by atoms with E-state index in [1.807, 2.05) is 25.1 Å². The Hall–Kier alpha value is -0.880. The molecule has 2 rings (SSSR count). The molecule has 2 N–H and O–H groups in total. The molecule has 0 saturated heterocycles. The Morgan fingerprint density at radius 1 is 1.25 bits per heavy atom. The first-order valence-electron chi connectivity index (χ1n) is 6.59. The van der Waals surface area contributed by atoms with Crippen molar-refractivity contribution in [3.63, 3.8) is 0 Å². The van der Waals surface area contributed by atoms with E-state index in [0.29, 0.717) is 11.4 Å². The Kier molecular flexibility index (Phi) is 6.68. The van der Waals surface area contributed by atoms with Gasteiger partial charge in [0.1, 0.15) is 0 Å². The molecular weight excluding hydrogens is 296 g/mol. The molecule has 0 bridgehead atoms. The lowest BCUT2D eigenvalue weighted by atomic mass is 10.1. The normalized spacial score (nSPS) is 15.3. The van der Waals surface area contributed by atoms with E-state index in [2.05, 4.69) is 10.0 Å². The standard InChI is InChI=1S/C14H20N2O2S.ClH/c1-2-12-3-5-14(6-4-12)19(17,18)16-11-13-7-9-15-10-8-13;/h3-7,15-16H,2,8-11H2,1H3;1H. The van der Waals surface area contributed by atoms with Crippen molar-refractivity contribution in [2.45, 2.75) is 24.7 Å². The number of nitrogens with one attached hydrogen (secondary N) is 2. The minimum absolute atomic E-state index is 0. The molecule has 0 spiro atoms. The van der Waals surface area contributed by atoms with Gasteiger partial charge in [-0.1, -0.05) is 30.7 Å². The molecule has 0 aliphatic carbocycles. The molecule has 0 amide bonds. The lowest BCUT2D eigenvalue weighted by Crippen LogP contribution is -2.29.